The van der Waals surface area contributed by atoms with Crippen LogP contribution in [0.3, 0.4) is 0 Å². The van der Waals surface area contributed by atoms with E-state index in [1.54, 1.807) is 0 Å². The molecule has 0 spiro atoms. The van der Waals surface area contributed by atoms with Gasteiger partial charge in [-0.15, -0.1) is 0 Å². The van der Waals surface area contributed by atoms with Crippen molar-refractivity contribution in [3.05, 3.63) is 23.5 Å². The van der Waals surface area contributed by atoms with Crippen LogP contribution in [0.2, 0.25) is 0 Å². The molecule has 0 aliphatic carbocycles. The number of rotatable bonds is 5. The number of aromatic nitrogens is 1. The van der Waals surface area contributed by atoms with Gasteiger partial charge in [0.15, 0.2) is 0 Å². The van der Waals surface area contributed by atoms with Crippen molar-refractivity contribution in [2.45, 2.75) is 27.3 Å². The van der Waals surface area contributed by atoms with E-state index in [0.717, 1.165) is 11.4 Å². The van der Waals surface area contributed by atoms with Crippen molar-refractivity contribution in [3.8, 4) is 0 Å². The lowest BCUT2D eigenvalue weighted by molar-refractivity contribution is -0.122. The number of nitrogens with zero attached hydrogens (tertiary/aromatic N) is 1. The highest BCUT2D eigenvalue weighted by molar-refractivity contribution is 5.76. The second-order valence-electron chi connectivity index (χ2n) is 4.04. The van der Waals surface area contributed by atoms with Crippen molar-refractivity contribution in [3.63, 3.8) is 0 Å². The highest BCUT2D eigenvalue weighted by Crippen LogP contribution is 2.06. The molecule has 0 atom stereocenters. The first kappa shape index (κ1) is 13.3. The molecule has 1 aromatic heterocycles. The number of carbonyl (C=O) groups excluding carboxylic acids is 2. The molecule has 0 aromatic carbocycles. The molecule has 1 heterocycles. The largest absolute Gasteiger partial charge is 0.355 e. The fourth-order valence-electron chi connectivity index (χ4n) is 1.59. The molecule has 0 unspecified atom stereocenters. The van der Waals surface area contributed by atoms with E-state index < -0.39 is 0 Å². The van der Waals surface area contributed by atoms with Crippen LogP contribution < -0.4 is 10.6 Å². The van der Waals surface area contributed by atoms with E-state index >= 15 is 0 Å². The van der Waals surface area contributed by atoms with Crippen LogP contribution >= 0.6 is 0 Å². The molecule has 0 bridgehead atoms. The third-order valence-corrected chi connectivity index (χ3v) is 2.54. The Morgan fingerprint density at radius 1 is 1.12 bits per heavy atom. The molecule has 0 radical (unpaired) electrons. The molecular formula is C12H19N3O2. The number of aryl methyl sites for hydroxylation is 2. The summed E-state index contributed by atoms with van der Waals surface area (Å²) in [5.41, 5.74) is 2.14. The van der Waals surface area contributed by atoms with Crippen LogP contribution in [0.1, 0.15) is 18.3 Å². The number of nitrogens with one attached hydrogen (secondary N) is 2. The molecule has 1 aromatic rings. The smallest absolute Gasteiger partial charge is 0.239 e. The van der Waals surface area contributed by atoms with Gasteiger partial charge in [-0.2, -0.15) is 0 Å². The SMILES string of the molecule is CC(=O)NCCNC(=O)Cn1c(C)ccc1C. The average molecular weight is 237 g/mol. The molecule has 1 rings (SSSR count). The molecule has 94 valence electrons. The summed E-state index contributed by atoms with van der Waals surface area (Å²) >= 11 is 0. The molecule has 0 fully saturated rings. The van der Waals surface area contributed by atoms with Gasteiger partial charge in [-0.05, 0) is 26.0 Å². The number of carbonyl (C=O) groups is 2. The fraction of sp³-hybridized carbons (Fsp3) is 0.500. The lowest BCUT2D eigenvalue weighted by atomic mass is 10.4. The van der Waals surface area contributed by atoms with Gasteiger partial charge in [0.25, 0.3) is 0 Å². The molecule has 2 N–H and O–H groups in total. The Bertz CT molecular complexity index is 390. The van der Waals surface area contributed by atoms with Gasteiger partial charge >= 0.3 is 0 Å². The summed E-state index contributed by atoms with van der Waals surface area (Å²) in [7, 11) is 0. The summed E-state index contributed by atoms with van der Waals surface area (Å²) in [6.07, 6.45) is 0. The number of hydrogen-bond acceptors (Lipinski definition) is 2. The minimum atomic E-state index is -0.0867. The minimum absolute atomic E-state index is 0.0437. The molecule has 2 amide bonds. The van der Waals surface area contributed by atoms with Crippen LogP contribution in [0.15, 0.2) is 12.1 Å². The topological polar surface area (TPSA) is 63.1 Å². The van der Waals surface area contributed by atoms with E-state index in [9.17, 15) is 9.59 Å². The van der Waals surface area contributed by atoms with Crippen LogP contribution in [0.25, 0.3) is 0 Å². The minimum Gasteiger partial charge on any atom is -0.355 e. The van der Waals surface area contributed by atoms with Crippen LogP contribution in [0, 0.1) is 13.8 Å². The molecule has 5 nitrogen and oxygen atoms in total. The van der Waals surface area contributed by atoms with E-state index in [4.69, 9.17) is 0 Å². The first-order valence-electron chi connectivity index (χ1n) is 5.64. The van der Waals surface area contributed by atoms with Crippen molar-refractivity contribution < 1.29 is 9.59 Å². The Balaban J connectivity index is 2.33. The number of hydrogen-bond donors (Lipinski definition) is 2. The van der Waals surface area contributed by atoms with Crippen molar-refractivity contribution in [2.24, 2.45) is 0 Å². The monoisotopic (exact) mass is 237 g/mol. The highest BCUT2D eigenvalue weighted by Gasteiger charge is 2.06. The van der Waals surface area contributed by atoms with Crippen molar-refractivity contribution >= 4 is 11.8 Å². The van der Waals surface area contributed by atoms with E-state index in [1.165, 1.54) is 6.92 Å². The molecule has 5 heteroatoms. The van der Waals surface area contributed by atoms with Gasteiger partial charge in [-0.25, -0.2) is 0 Å². The summed E-state index contributed by atoms with van der Waals surface area (Å²) in [6, 6.07) is 3.97. The van der Waals surface area contributed by atoms with Gasteiger partial charge in [0.05, 0.1) is 0 Å². The zero-order valence-electron chi connectivity index (χ0n) is 10.5. The lowest BCUT2D eigenvalue weighted by Crippen LogP contribution is -2.35. The van der Waals surface area contributed by atoms with E-state index in [-0.39, 0.29) is 11.8 Å². The second kappa shape index (κ2) is 6.08. The van der Waals surface area contributed by atoms with Gasteiger partial charge in [-0.1, -0.05) is 0 Å². The summed E-state index contributed by atoms with van der Waals surface area (Å²) < 4.78 is 1.95. The molecule has 0 saturated carbocycles. The van der Waals surface area contributed by atoms with E-state index in [1.807, 2.05) is 30.5 Å². The average Bonchev–Trinajstić information content (AvgIpc) is 2.56. The third kappa shape index (κ3) is 4.30. The van der Waals surface area contributed by atoms with Crippen molar-refractivity contribution in [1.29, 1.82) is 0 Å². The maximum Gasteiger partial charge on any atom is 0.239 e. The maximum absolute atomic E-state index is 11.6. The van der Waals surface area contributed by atoms with Crippen LogP contribution in [0.4, 0.5) is 0 Å². The van der Waals surface area contributed by atoms with Crippen molar-refractivity contribution in [2.75, 3.05) is 13.1 Å². The Morgan fingerprint density at radius 3 is 2.18 bits per heavy atom. The molecule has 0 aliphatic heterocycles. The van der Waals surface area contributed by atoms with Gasteiger partial charge < -0.3 is 15.2 Å². The molecule has 0 aliphatic rings. The van der Waals surface area contributed by atoms with E-state index in [2.05, 4.69) is 10.6 Å². The quantitative estimate of drug-likeness (QED) is 0.726. The van der Waals surface area contributed by atoms with Crippen molar-refractivity contribution in [1.82, 2.24) is 15.2 Å². The summed E-state index contributed by atoms with van der Waals surface area (Å²) in [4.78, 5) is 22.2. The van der Waals surface area contributed by atoms with Gasteiger partial charge in [0, 0.05) is 31.4 Å². The second-order valence-corrected chi connectivity index (χ2v) is 4.04. The molecule has 0 saturated heterocycles. The summed E-state index contributed by atoms with van der Waals surface area (Å²) in [6.45, 7) is 6.64. The summed E-state index contributed by atoms with van der Waals surface area (Å²) in [5.74, 6) is -0.130. The van der Waals surface area contributed by atoms with Crippen LogP contribution in [-0.4, -0.2) is 29.5 Å². The highest BCUT2D eigenvalue weighted by atomic mass is 16.2. The van der Waals surface area contributed by atoms with Gasteiger partial charge in [0.1, 0.15) is 6.54 Å². The first-order chi connectivity index (χ1) is 8.00. The predicted octanol–water partition coefficient (Wildman–Crippen LogP) is 0.357. The van der Waals surface area contributed by atoms with Gasteiger partial charge in [0.2, 0.25) is 11.8 Å². The zero-order valence-corrected chi connectivity index (χ0v) is 10.5. The Hall–Kier alpha value is -1.78. The Morgan fingerprint density at radius 2 is 1.65 bits per heavy atom. The third-order valence-electron chi connectivity index (χ3n) is 2.54. The molecule has 17 heavy (non-hydrogen) atoms. The fourth-order valence-corrected chi connectivity index (χ4v) is 1.59. The van der Waals surface area contributed by atoms with Crippen LogP contribution in [-0.2, 0) is 16.1 Å². The Labute approximate surface area is 101 Å². The molecular weight excluding hydrogens is 218 g/mol. The predicted molar refractivity (Wildman–Crippen MR) is 65.6 cm³/mol. The zero-order chi connectivity index (χ0) is 12.8. The first-order valence-corrected chi connectivity index (χ1v) is 5.64. The van der Waals surface area contributed by atoms with E-state index in [0.29, 0.717) is 19.6 Å². The lowest BCUT2D eigenvalue weighted by Gasteiger charge is -2.10. The van der Waals surface area contributed by atoms with Gasteiger partial charge in [-0.3, -0.25) is 9.59 Å². The standard InChI is InChI=1S/C12H19N3O2/c1-9-4-5-10(2)15(9)8-12(17)14-7-6-13-11(3)16/h4-5H,6-8H2,1-3H3,(H,13,16)(H,14,17). The Kier molecular flexibility index (Phi) is 4.75. The maximum atomic E-state index is 11.6. The summed E-state index contributed by atoms with van der Waals surface area (Å²) in [5, 5.41) is 5.38. The number of amides is 2. The normalized spacial score (nSPS) is 10.1. The van der Waals surface area contributed by atoms with Crippen LogP contribution in [0.5, 0.6) is 0 Å².